The number of carbonyl (C=O) groups is 2. The number of anilines is 1. The van der Waals surface area contributed by atoms with E-state index in [4.69, 9.17) is 4.74 Å². The van der Waals surface area contributed by atoms with Crippen molar-refractivity contribution >= 4 is 17.6 Å². The third kappa shape index (κ3) is 5.16. The maximum atomic E-state index is 12.7. The molecule has 1 heterocycles. The Bertz CT molecular complexity index is 1160. The number of amides is 2. The van der Waals surface area contributed by atoms with E-state index in [9.17, 15) is 14.7 Å². The number of rotatable bonds is 7. The molecule has 1 aromatic heterocycles. The number of phenols is 1. The highest BCUT2D eigenvalue weighted by Crippen LogP contribution is 2.42. The lowest BCUT2D eigenvalue weighted by molar-refractivity contribution is 0.102. The second kappa shape index (κ2) is 9.36. The summed E-state index contributed by atoms with van der Waals surface area (Å²) >= 11 is 0. The number of aromatic nitrogens is 2. The fraction of sp³-hybridized carbons (Fsp3) is 0.320. The standard InChI is InChI=1S/C25H28N4O4/c1-4-33-19-10-7-17(8-11-19)24(31)27-18-9-12-23(30)20(13-18)21-14-22(16-5-6-16)29(28-21)25(32)26-15(2)3/h7-16,30H,4-6H2,1-3H3,(H,26,32)(H,27,31). The number of carbonyl (C=O) groups excluding carboxylic acids is 2. The molecule has 0 unspecified atom stereocenters. The van der Waals surface area contributed by atoms with Crippen molar-refractivity contribution in [3.63, 3.8) is 0 Å². The monoisotopic (exact) mass is 448 g/mol. The van der Waals surface area contributed by atoms with Crippen LogP contribution in [0.25, 0.3) is 11.3 Å². The van der Waals surface area contributed by atoms with Crippen LogP contribution < -0.4 is 15.4 Å². The molecule has 8 nitrogen and oxygen atoms in total. The molecule has 172 valence electrons. The highest BCUT2D eigenvalue weighted by Gasteiger charge is 2.31. The Labute approximate surface area is 192 Å². The van der Waals surface area contributed by atoms with E-state index >= 15 is 0 Å². The minimum Gasteiger partial charge on any atom is -0.507 e. The van der Waals surface area contributed by atoms with Gasteiger partial charge in [-0.1, -0.05) is 0 Å². The average molecular weight is 449 g/mol. The molecule has 0 spiro atoms. The topological polar surface area (TPSA) is 105 Å². The first-order chi connectivity index (χ1) is 15.9. The maximum Gasteiger partial charge on any atom is 0.342 e. The van der Waals surface area contributed by atoms with Crippen molar-refractivity contribution in [2.75, 3.05) is 11.9 Å². The molecule has 0 saturated heterocycles. The summed E-state index contributed by atoms with van der Waals surface area (Å²) in [6.45, 7) is 6.23. The second-order valence-corrected chi connectivity index (χ2v) is 8.39. The van der Waals surface area contributed by atoms with Crippen LogP contribution in [-0.4, -0.2) is 39.5 Å². The van der Waals surface area contributed by atoms with Crippen LogP contribution in [0.2, 0.25) is 0 Å². The van der Waals surface area contributed by atoms with Crippen molar-refractivity contribution in [2.45, 2.75) is 45.6 Å². The van der Waals surface area contributed by atoms with Crippen LogP contribution in [0.4, 0.5) is 10.5 Å². The molecule has 8 heteroatoms. The van der Waals surface area contributed by atoms with Crippen molar-refractivity contribution in [3.8, 4) is 22.8 Å². The van der Waals surface area contributed by atoms with Crippen molar-refractivity contribution < 1.29 is 19.4 Å². The molecule has 1 fully saturated rings. The molecule has 0 aliphatic heterocycles. The minimum absolute atomic E-state index is 0.0188. The van der Waals surface area contributed by atoms with Gasteiger partial charge in [0.2, 0.25) is 0 Å². The van der Waals surface area contributed by atoms with Gasteiger partial charge in [-0.2, -0.15) is 9.78 Å². The molecular weight excluding hydrogens is 420 g/mol. The predicted molar refractivity (Wildman–Crippen MR) is 126 cm³/mol. The van der Waals surface area contributed by atoms with Gasteiger partial charge in [-0.15, -0.1) is 0 Å². The number of aromatic hydroxyl groups is 1. The van der Waals surface area contributed by atoms with Gasteiger partial charge in [0.1, 0.15) is 11.5 Å². The van der Waals surface area contributed by atoms with Gasteiger partial charge >= 0.3 is 6.03 Å². The number of hydrogen-bond acceptors (Lipinski definition) is 5. The van der Waals surface area contributed by atoms with Crippen LogP contribution in [0.15, 0.2) is 48.5 Å². The fourth-order valence-electron chi connectivity index (χ4n) is 3.56. The van der Waals surface area contributed by atoms with Crippen molar-refractivity contribution in [1.82, 2.24) is 15.1 Å². The molecule has 1 saturated carbocycles. The normalized spacial score (nSPS) is 13.1. The lowest BCUT2D eigenvalue weighted by Crippen LogP contribution is -2.35. The van der Waals surface area contributed by atoms with Gasteiger partial charge in [0.25, 0.3) is 5.91 Å². The number of hydrogen-bond donors (Lipinski definition) is 3. The minimum atomic E-state index is -0.294. The molecule has 2 amide bonds. The van der Waals surface area contributed by atoms with E-state index in [2.05, 4.69) is 15.7 Å². The lowest BCUT2D eigenvalue weighted by Gasteiger charge is -2.10. The zero-order chi connectivity index (χ0) is 23.5. The van der Waals surface area contributed by atoms with Gasteiger partial charge in [-0.3, -0.25) is 4.79 Å². The third-order valence-electron chi connectivity index (χ3n) is 5.29. The Balaban J connectivity index is 1.58. The van der Waals surface area contributed by atoms with E-state index in [0.29, 0.717) is 34.9 Å². The smallest absolute Gasteiger partial charge is 0.342 e. The van der Waals surface area contributed by atoms with Gasteiger partial charge < -0.3 is 20.5 Å². The summed E-state index contributed by atoms with van der Waals surface area (Å²) in [5, 5.41) is 20.7. The molecule has 33 heavy (non-hydrogen) atoms. The zero-order valence-corrected chi connectivity index (χ0v) is 19.0. The molecule has 4 rings (SSSR count). The first-order valence-electron chi connectivity index (χ1n) is 11.1. The van der Waals surface area contributed by atoms with E-state index in [-0.39, 0.29) is 29.6 Å². The average Bonchev–Trinajstić information content (AvgIpc) is 3.53. The van der Waals surface area contributed by atoms with Crippen molar-refractivity contribution in [2.24, 2.45) is 0 Å². The molecular formula is C25H28N4O4. The fourth-order valence-corrected chi connectivity index (χ4v) is 3.56. The Morgan fingerprint density at radius 1 is 1.15 bits per heavy atom. The third-order valence-corrected chi connectivity index (χ3v) is 5.29. The van der Waals surface area contributed by atoms with Crippen LogP contribution in [0.5, 0.6) is 11.5 Å². The predicted octanol–water partition coefficient (Wildman–Crippen LogP) is 4.75. The van der Waals surface area contributed by atoms with Crippen LogP contribution in [0, 0.1) is 0 Å². The molecule has 3 N–H and O–H groups in total. The Morgan fingerprint density at radius 3 is 2.52 bits per heavy atom. The Kier molecular flexibility index (Phi) is 6.35. The number of ether oxygens (including phenoxy) is 1. The van der Waals surface area contributed by atoms with Gasteiger partial charge in [-0.25, -0.2) is 4.79 Å². The summed E-state index contributed by atoms with van der Waals surface area (Å²) in [5.41, 5.74) is 2.74. The van der Waals surface area contributed by atoms with Gasteiger partial charge in [0.05, 0.1) is 18.0 Å². The van der Waals surface area contributed by atoms with Gasteiger partial charge in [-0.05, 0) is 82.1 Å². The van der Waals surface area contributed by atoms with E-state index in [1.54, 1.807) is 36.4 Å². The SMILES string of the molecule is CCOc1ccc(C(=O)Nc2ccc(O)c(-c3cc(C4CC4)n(C(=O)NC(C)C)n3)c2)cc1. The lowest BCUT2D eigenvalue weighted by atomic mass is 10.1. The number of benzene rings is 2. The second-order valence-electron chi connectivity index (χ2n) is 8.39. The van der Waals surface area contributed by atoms with Crippen LogP contribution in [0.1, 0.15) is 55.6 Å². The van der Waals surface area contributed by atoms with E-state index in [1.807, 2.05) is 26.8 Å². The quantitative estimate of drug-likeness (QED) is 0.452. The van der Waals surface area contributed by atoms with Gasteiger partial charge in [0.15, 0.2) is 0 Å². The van der Waals surface area contributed by atoms with Crippen molar-refractivity contribution in [3.05, 3.63) is 59.8 Å². The first kappa shape index (κ1) is 22.4. The molecule has 1 aliphatic carbocycles. The number of nitrogens with zero attached hydrogens (tertiary/aromatic N) is 2. The molecule has 0 atom stereocenters. The zero-order valence-electron chi connectivity index (χ0n) is 19.0. The number of phenolic OH excluding ortho intramolecular Hbond substituents is 1. The van der Waals surface area contributed by atoms with Crippen LogP contribution >= 0.6 is 0 Å². The first-order valence-corrected chi connectivity index (χ1v) is 11.1. The van der Waals surface area contributed by atoms with Gasteiger partial charge in [0, 0.05) is 28.8 Å². The maximum absolute atomic E-state index is 12.7. The Hall–Kier alpha value is -3.81. The molecule has 0 radical (unpaired) electrons. The summed E-state index contributed by atoms with van der Waals surface area (Å²) in [7, 11) is 0. The van der Waals surface area contributed by atoms with Crippen LogP contribution in [-0.2, 0) is 0 Å². The highest BCUT2D eigenvalue weighted by molar-refractivity contribution is 6.04. The van der Waals surface area contributed by atoms with Crippen molar-refractivity contribution in [1.29, 1.82) is 0 Å². The van der Waals surface area contributed by atoms with Crippen LogP contribution in [0.3, 0.4) is 0 Å². The molecule has 3 aromatic rings. The summed E-state index contributed by atoms with van der Waals surface area (Å²) in [6.07, 6.45) is 2.01. The number of nitrogens with one attached hydrogen (secondary N) is 2. The molecule has 0 bridgehead atoms. The highest BCUT2D eigenvalue weighted by atomic mass is 16.5. The summed E-state index contributed by atoms with van der Waals surface area (Å²) in [4.78, 5) is 25.3. The van der Waals surface area contributed by atoms with E-state index in [1.165, 1.54) is 10.7 Å². The summed E-state index contributed by atoms with van der Waals surface area (Å²) < 4.78 is 6.80. The molecule has 1 aliphatic rings. The van der Waals surface area contributed by atoms with E-state index in [0.717, 1.165) is 18.5 Å². The summed E-state index contributed by atoms with van der Waals surface area (Å²) in [6, 6.07) is 13.2. The Morgan fingerprint density at radius 2 is 1.88 bits per heavy atom. The summed E-state index contributed by atoms with van der Waals surface area (Å²) in [5.74, 6) is 0.721. The van der Waals surface area contributed by atoms with E-state index < -0.39 is 0 Å². The molecule has 2 aromatic carbocycles. The largest absolute Gasteiger partial charge is 0.507 e.